The van der Waals surface area contributed by atoms with Crippen LogP contribution in [0.5, 0.6) is 23.0 Å². The van der Waals surface area contributed by atoms with Crippen LogP contribution in [0.1, 0.15) is 23.6 Å². The molecule has 0 fully saturated rings. The van der Waals surface area contributed by atoms with Crippen LogP contribution in [0.15, 0.2) is 66.7 Å². The van der Waals surface area contributed by atoms with Crippen LogP contribution < -0.4 is 24.8 Å². The van der Waals surface area contributed by atoms with Crippen LogP contribution in [0, 0.1) is 0 Å². The Bertz CT molecular complexity index is 1240. The minimum Gasteiger partial charge on any atom is -0.497 e. The lowest BCUT2D eigenvalue weighted by molar-refractivity contribution is -0.130. The van der Waals surface area contributed by atoms with Crippen molar-refractivity contribution in [1.82, 2.24) is 10.6 Å². The quantitative estimate of drug-likeness (QED) is 0.299. The van der Waals surface area contributed by atoms with Crippen molar-refractivity contribution in [2.75, 3.05) is 14.2 Å². The lowest BCUT2D eigenvalue weighted by Crippen LogP contribution is -2.37. The Morgan fingerprint density at radius 3 is 1.89 bits per heavy atom. The Kier molecular flexibility index (Phi) is 8.66. The molecule has 0 spiro atoms. The second-order valence-corrected chi connectivity index (χ2v) is 7.64. The van der Waals surface area contributed by atoms with Crippen LogP contribution in [-0.2, 0) is 16.1 Å². The summed E-state index contributed by atoms with van der Waals surface area (Å²) in [6, 6.07) is 18.3. The summed E-state index contributed by atoms with van der Waals surface area (Å²) < 4.78 is 16.4. The van der Waals surface area contributed by atoms with E-state index in [2.05, 4.69) is 10.6 Å². The van der Waals surface area contributed by atoms with Crippen molar-refractivity contribution in [3.63, 3.8) is 0 Å². The van der Waals surface area contributed by atoms with Crippen LogP contribution in [0.2, 0.25) is 0 Å². The van der Waals surface area contributed by atoms with E-state index in [9.17, 15) is 19.5 Å². The second kappa shape index (κ2) is 12.1. The molecule has 186 valence electrons. The number of carbonyl (C=O) groups excluding carboxylic acids is 2. The molecule has 36 heavy (non-hydrogen) atoms. The minimum atomic E-state index is -1.08. The maximum Gasteiger partial charge on any atom is 0.336 e. The Labute approximate surface area is 208 Å². The van der Waals surface area contributed by atoms with E-state index in [1.54, 1.807) is 72.8 Å². The Balaban J connectivity index is 1.70. The highest BCUT2D eigenvalue weighted by molar-refractivity contribution is 6.20. The predicted octanol–water partition coefficient (Wildman–Crippen LogP) is 4.47. The fraction of sp³-hybridized carbons (Fsp3) is 0.148. The monoisotopic (exact) mass is 490 g/mol. The van der Waals surface area contributed by atoms with Crippen molar-refractivity contribution in [2.45, 2.75) is 13.5 Å². The predicted molar refractivity (Wildman–Crippen MR) is 134 cm³/mol. The molecule has 0 heterocycles. The third-order valence-corrected chi connectivity index (χ3v) is 4.98. The average Bonchev–Trinajstić information content (AvgIpc) is 2.86. The number of hydrogen-bond acceptors (Lipinski definition) is 6. The van der Waals surface area contributed by atoms with Gasteiger partial charge in [-0.1, -0.05) is 24.3 Å². The van der Waals surface area contributed by atoms with Gasteiger partial charge >= 0.3 is 12.0 Å². The zero-order valence-corrected chi connectivity index (χ0v) is 20.0. The van der Waals surface area contributed by atoms with Crippen LogP contribution in [-0.4, -0.2) is 37.2 Å². The molecule has 3 aromatic carbocycles. The number of benzene rings is 3. The average molecular weight is 491 g/mol. The molecule has 9 nitrogen and oxygen atoms in total. The third-order valence-electron chi connectivity index (χ3n) is 4.98. The molecule has 0 aliphatic heterocycles. The van der Waals surface area contributed by atoms with E-state index in [1.807, 2.05) is 0 Å². The molecule has 3 rings (SSSR count). The molecule has 0 aromatic heterocycles. The van der Waals surface area contributed by atoms with Gasteiger partial charge in [-0.05, 0) is 59.2 Å². The molecule has 3 N–H and O–H groups in total. The summed E-state index contributed by atoms with van der Waals surface area (Å²) in [6.07, 6.45) is 1.55. The van der Waals surface area contributed by atoms with Crippen molar-refractivity contribution in [3.8, 4) is 23.0 Å². The standard InChI is InChI=1S/C27H26N2O7/c1-17(30)29-27(33)28-16-18-4-8-21(9-5-18)36-22-10-6-20(7-11-22)25(26(31)32)14-19-12-23(34-2)15-24(13-19)35-3/h4-15H,16H2,1-3H3,(H,31,32)(H2,28,29,30,33)/b25-14+. The van der Waals surface area contributed by atoms with Gasteiger partial charge in [-0.25, -0.2) is 9.59 Å². The number of urea groups is 1. The first kappa shape index (κ1) is 25.8. The molecule has 3 amide bonds. The largest absolute Gasteiger partial charge is 0.497 e. The number of nitrogens with one attached hydrogen (secondary N) is 2. The van der Waals surface area contributed by atoms with E-state index in [-0.39, 0.29) is 12.1 Å². The van der Waals surface area contributed by atoms with Crippen LogP contribution >= 0.6 is 0 Å². The van der Waals surface area contributed by atoms with Gasteiger partial charge in [0.1, 0.15) is 23.0 Å². The molecular weight excluding hydrogens is 464 g/mol. The van der Waals surface area contributed by atoms with Gasteiger partial charge in [0.25, 0.3) is 0 Å². The first-order chi connectivity index (χ1) is 17.3. The van der Waals surface area contributed by atoms with Crippen LogP contribution in [0.3, 0.4) is 0 Å². The van der Waals surface area contributed by atoms with Crippen molar-refractivity contribution in [2.24, 2.45) is 0 Å². The van der Waals surface area contributed by atoms with Crippen LogP contribution in [0.4, 0.5) is 4.79 Å². The molecule has 9 heteroatoms. The van der Waals surface area contributed by atoms with Crippen molar-refractivity contribution in [3.05, 3.63) is 83.4 Å². The molecule has 0 radical (unpaired) electrons. The number of carboxylic acid groups (broad SMARTS) is 1. The van der Waals surface area contributed by atoms with Gasteiger partial charge in [-0.15, -0.1) is 0 Å². The summed E-state index contributed by atoms with van der Waals surface area (Å²) in [6.45, 7) is 1.51. The van der Waals surface area contributed by atoms with E-state index in [0.29, 0.717) is 34.1 Å². The van der Waals surface area contributed by atoms with Gasteiger partial charge in [-0.3, -0.25) is 10.1 Å². The van der Waals surface area contributed by atoms with Gasteiger partial charge in [0, 0.05) is 19.5 Å². The van der Waals surface area contributed by atoms with Crippen molar-refractivity contribution in [1.29, 1.82) is 0 Å². The fourth-order valence-corrected chi connectivity index (χ4v) is 3.25. The molecule has 0 saturated heterocycles. The first-order valence-electron chi connectivity index (χ1n) is 10.9. The summed E-state index contributed by atoms with van der Waals surface area (Å²) >= 11 is 0. The van der Waals surface area contributed by atoms with E-state index >= 15 is 0 Å². The maximum absolute atomic E-state index is 12.0. The molecule has 0 atom stereocenters. The Morgan fingerprint density at radius 1 is 0.833 bits per heavy atom. The second-order valence-electron chi connectivity index (χ2n) is 7.64. The van der Waals surface area contributed by atoms with E-state index < -0.39 is 17.9 Å². The number of rotatable bonds is 9. The van der Waals surface area contributed by atoms with Gasteiger partial charge in [0.2, 0.25) is 5.91 Å². The summed E-state index contributed by atoms with van der Waals surface area (Å²) in [5.74, 6) is 0.682. The van der Waals surface area contributed by atoms with E-state index in [4.69, 9.17) is 14.2 Å². The lowest BCUT2D eigenvalue weighted by Gasteiger charge is -2.10. The zero-order valence-electron chi connectivity index (χ0n) is 20.0. The molecule has 0 saturated carbocycles. The van der Waals surface area contributed by atoms with Gasteiger partial charge in [0.15, 0.2) is 0 Å². The van der Waals surface area contributed by atoms with Gasteiger partial charge in [-0.2, -0.15) is 0 Å². The molecule has 3 aromatic rings. The highest BCUT2D eigenvalue weighted by Crippen LogP contribution is 2.28. The van der Waals surface area contributed by atoms with Crippen molar-refractivity contribution >= 4 is 29.6 Å². The number of carboxylic acids is 1. The molecule has 0 aliphatic carbocycles. The Hall–Kier alpha value is -4.79. The minimum absolute atomic E-state index is 0.0996. The van der Waals surface area contributed by atoms with Gasteiger partial charge < -0.3 is 24.6 Å². The fourth-order valence-electron chi connectivity index (χ4n) is 3.25. The smallest absolute Gasteiger partial charge is 0.336 e. The molecule has 0 bridgehead atoms. The summed E-state index contributed by atoms with van der Waals surface area (Å²) in [7, 11) is 3.05. The first-order valence-corrected chi connectivity index (χ1v) is 10.9. The van der Waals surface area contributed by atoms with Gasteiger partial charge in [0.05, 0.1) is 19.8 Å². The Morgan fingerprint density at radius 2 is 1.39 bits per heavy atom. The molecule has 0 unspecified atom stereocenters. The molecular formula is C27H26N2O7. The lowest BCUT2D eigenvalue weighted by atomic mass is 10.0. The summed E-state index contributed by atoms with van der Waals surface area (Å²) in [5, 5.41) is 14.5. The molecule has 0 aliphatic rings. The number of amides is 3. The number of ether oxygens (including phenoxy) is 3. The van der Waals surface area contributed by atoms with Crippen molar-refractivity contribution < 1.29 is 33.7 Å². The topological polar surface area (TPSA) is 123 Å². The number of carbonyl (C=O) groups is 3. The SMILES string of the molecule is COc1cc(/C=C(/C(=O)O)c2ccc(Oc3ccc(CNC(=O)NC(C)=O)cc3)cc2)cc(OC)c1. The maximum atomic E-state index is 12.0. The van der Waals surface area contributed by atoms with Crippen LogP contribution in [0.25, 0.3) is 11.6 Å². The zero-order chi connectivity index (χ0) is 26.1. The third kappa shape index (κ3) is 7.36. The normalized spacial score (nSPS) is 10.8. The summed E-state index contributed by atoms with van der Waals surface area (Å²) in [5.41, 5.74) is 2.04. The number of imide groups is 1. The summed E-state index contributed by atoms with van der Waals surface area (Å²) in [4.78, 5) is 34.3. The number of aliphatic carboxylic acids is 1. The van der Waals surface area contributed by atoms with E-state index in [1.165, 1.54) is 21.1 Å². The number of methoxy groups -OCH3 is 2. The highest BCUT2D eigenvalue weighted by Gasteiger charge is 2.12. The van der Waals surface area contributed by atoms with E-state index in [0.717, 1.165) is 5.56 Å². The number of hydrogen-bond donors (Lipinski definition) is 3. The highest BCUT2D eigenvalue weighted by atomic mass is 16.5.